The normalized spacial score (nSPS) is 20.2. The fraction of sp³-hybridized carbons (Fsp3) is 0.438. The van der Waals surface area contributed by atoms with Crippen LogP contribution in [-0.2, 0) is 21.7 Å². The number of hydrogen-bond donors (Lipinski definition) is 0. The lowest BCUT2D eigenvalue weighted by Gasteiger charge is -2.30. The molecule has 0 N–H and O–H groups in total. The molecule has 3 aromatic rings. The summed E-state index contributed by atoms with van der Waals surface area (Å²) in [5, 5.41) is 0.704. The summed E-state index contributed by atoms with van der Waals surface area (Å²) in [4.78, 5) is 2.37. The van der Waals surface area contributed by atoms with Crippen molar-refractivity contribution >= 4 is 60.5 Å². The molecule has 2 aliphatic rings. The number of anilines is 3. The van der Waals surface area contributed by atoms with Gasteiger partial charge < -0.3 is 4.90 Å². The van der Waals surface area contributed by atoms with Crippen molar-refractivity contribution in [2.24, 2.45) is 0 Å². The lowest BCUT2D eigenvalue weighted by Crippen LogP contribution is -2.18. The Hall–Kier alpha value is -1.29. The van der Waals surface area contributed by atoms with Crippen LogP contribution >= 0.6 is 43.5 Å². The minimum absolute atomic E-state index is 0.122. The Morgan fingerprint density at radius 2 is 1.03 bits per heavy atom. The van der Waals surface area contributed by atoms with Crippen molar-refractivity contribution in [3.05, 3.63) is 84.8 Å². The molecule has 0 aromatic heterocycles. The highest BCUT2D eigenvalue weighted by atomic mass is 79.9. The lowest BCUT2D eigenvalue weighted by atomic mass is 9.82. The summed E-state index contributed by atoms with van der Waals surface area (Å²) in [7, 11) is 0. The minimum Gasteiger partial charge on any atom is -0.309 e. The zero-order valence-corrected chi connectivity index (χ0v) is 26.5. The van der Waals surface area contributed by atoms with E-state index in [0.29, 0.717) is 5.02 Å². The molecule has 1 nitrogen and oxygen atoms in total. The molecule has 0 bridgehead atoms. The first-order valence-corrected chi connectivity index (χ1v) is 14.7. The molecule has 190 valence electrons. The summed E-state index contributed by atoms with van der Waals surface area (Å²) < 4.78 is 1.94. The van der Waals surface area contributed by atoms with Gasteiger partial charge in [-0.2, -0.15) is 0 Å². The molecule has 5 rings (SSSR count). The largest absolute Gasteiger partial charge is 0.309 e. The zero-order chi connectivity index (χ0) is 26.4. The molecule has 0 fully saturated rings. The number of halogens is 3. The van der Waals surface area contributed by atoms with Crippen LogP contribution in [0.1, 0.15) is 90.5 Å². The van der Waals surface area contributed by atoms with E-state index in [-0.39, 0.29) is 21.7 Å². The summed E-state index contributed by atoms with van der Waals surface area (Å²) >= 11 is 14.2. The van der Waals surface area contributed by atoms with Gasteiger partial charge in [-0.15, -0.1) is 0 Å². The first-order chi connectivity index (χ1) is 16.5. The Labute approximate surface area is 238 Å². The Morgan fingerprint density at radius 3 is 1.47 bits per heavy atom. The van der Waals surface area contributed by atoms with Crippen LogP contribution in [0.2, 0.25) is 5.02 Å². The summed E-state index contributed by atoms with van der Waals surface area (Å²) in [6.45, 7) is 19.0. The van der Waals surface area contributed by atoms with Crippen LogP contribution < -0.4 is 4.90 Å². The Morgan fingerprint density at radius 1 is 0.611 bits per heavy atom. The van der Waals surface area contributed by atoms with Crippen molar-refractivity contribution < 1.29 is 0 Å². The Balaban J connectivity index is 1.77. The highest BCUT2D eigenvalue weighted by Gasteiger charge is 2.43. The first kappa shape index (κ1) is 26.3. The molecule has 0 unspecified atom stereocenters. The molecule has 4 heteroatoms. The van der Waals surface area contributed by atoms with Crippen LogP contribution in [0, 0.1) is 0 Å². The van der Waals surface area contributed by atoms with Crippen molar-refractivity contribution in [1.82, 2.24) is 0 Å². The highest BCUT2D eigenvalue weighted by molar-refractivity contribution is 9.13. The fourth-order valence-electron chi connectivity index (χ4n) is 7.37. The number of rotatable bonds is 3. The van der Waals surface area contributed by atoms with Crippen LogP contribution in [-0.4, -0.2) is 0 Å². The maximum atomic E-state index is 6.62. The molecule has 0 spiro atoms. The third-order valence-corrected chi connectivity index (χ3v) is 10.6. The van der Waals surface area contributed by atoms with Gasteiger partial charge in [-0.3, -0.25) is 0 Å². The van der Waals surface area contributed by atoms with E-state index in [2.05, 4.69) is 135 Å². The Bertz CT molecular complexity index is 1310. The van der Waals surface area contributed by atoms with Gasteiger partial charge in [0.25, 0.3) is 0 Å². The van der Waals surface area contributed by atoms with Crippen LogP contribution in [0.25, 0.3) is 0 Å². The maximum Gasteiger partial charge on any atom is 0.0630 e. The quantitative estimate of drug-likeness (QED) is 0.261. The second kappa shape index (κ2) is 8.35. The van der Waals surface area contributed by atoms with E-state index in [1.807, 2.05) is 6.07 Å². The number of fused-ring (bicyclic) bond motifs is 2. The molecule has 0 heterocycles. The highest BCUT2D eigenvalue weighted by Crippen LogP contribution is 2.54. The van der Waals surface area contributed by atoms with E-state index in [4.69, 9.17) is 11.6 Å². The van der Waals surface area contributed by atoms with Gasteiger partial charge in [-0.1, -0.05) is 79.1 Å². The molecule has 3 aromatic carbocycles. The van der Waals surface area contributed by atoms with Gasteiger partial charge in [-0.05, 0) is 125 Å². The zero-order valence-electron chi connectivity index (χ0n) is 22.6. The Kier molecular flexibility index (Phi) is 6.11. The second-order valence-electron chi connectivity index (χ2n) is 13.4. The van der Waals surface area contributed by atoms with E-state index in [1.54, 1.807) is 0 Å². The molecule has 0 atom stereocenters. The van der Waals surface area contributed by atoms with E-state index < -0.39 is 0 Å². The van der Waals surface area contributed by atoms with Crippen molar-refractivity contribution in [1.29, 1.82) is 0 Å². The lowest BCUT2D eigenvalue weighted by molar-refractivity contribution is 0.403. The van der Waals surface area contributed by atoms with Crippen LogP contribution in [0.15, 0.2) is 57.5 Å². The average molecular weight is 630 g/mol. The van der Waals surface area contributed by atoms with E-state index in [0.717, 1.165) is 38.8 Å². The maximum absolute atomic E-state index is 6.62. The van der Waals surface area contributed by atoms with Crippen molar-refractivity contribution in [2.45, 2.75) is 89.9 Å². The summed E-state index contributed by atoms with van der Waals surface area (Å²) in [5.74, 6) is 0. The second-order valence-corrected chi connectivity index (χ2v) is 15.5. The van der Waals surface area contributed by atoms with Crippen LogP contribution in [0.4, 0.5) is 17.1 Å². The van der Waals surface area contributed by atoms with E-state index in [1.165, 1.54) is 22.3 Å². The molecule has 0 aliphatic heterocycles. The van der Waals surface area contributed by atoms with Crippen molar-refractivity contribution in [3.8, 4) is 0 Å². The minimum atomic E-state index is 0.122. The third kappa shape index (κ3) is 4.18. The topological polar surface area (TPSA) is 3.24 Å². The molecule has 0 saturated carbocycles. The average Bonchev–Trinajstić information content (AvgIpc) is 3.06. The third-order valence-electron chi connectivity index (χ3n) is 8.42. The van der Waals surface area contributed by atoms with Gasteiger partial charge in [0.15, 0.2) is 0 Å². The van der Waals surface area contributed by atoms with Gasteiger partial charge >= 0.3 is 0 Å². The molecular formula is C32H36Br2ClN. The summed E-state index contributed by atoms with van der Waals surface area (Å²) in [6.07, 6.45) is 2.29. The van der Waals surface area contributed by atoms with Gasteiger partial charge in [0.1, 0.15) is 0 Å². The van der Waals surface area contributed by atoms with E-state index in [9.17, 15) is 0 Å². The van der Waals surface area contributed by atoms with E-state index >= 15 is 0 Å². The predicted molar refractivity (Wildman–Crippen MR) is 163 cm³/mol. The van der Waals surface area contributed by atoms with Crippen molar-refractivity contribution in [3.63, 3.8) is 0 Å². The smallest absolute Gasteiger partial charge is 0.0630 e. The predicted octanol–water partition coefficient (Wildman–Crippen LogP) is 11.3. The van der Waals surface area contributed by atoms with Gasteiger partial charge in [-0.25, -0.2) is 0 Å². The molecule has 0 saturated heterocycles. The standard InChI is InChI=1S/C32H36Br2ClN/c1-29(2)17-31(5,6)24-15-20(9-11-22(24)29)36(27-14-19(35)13-26(33)28(27)34)21-10-12-23-25(16-21)32(7,8)18-30(23,3)4/h9-16H,17-18H2,1-8H3. The van der Waals surface area contributed by atoms with Gasteiger partial charge in [0.05, 0.1) is 10.2 Å². The van der Waals surface area contributed by atoms with Crippen molar-refractivity contribution in [2.75, 3.05) is 4.90 Å². The number of hydrogen-bond acceptors (Lipinski definition) is 1. The molecule has 0 amide bonds. The first-order valence-electron chi connectivity index (χ1n) is 12.8. The van der Waals surface area contributed by atoms with Gasteiger partial charge in [0, 0.05) is 20.9 Å². The van der Waals surface area contributed by atoms with Crippen LogP contribution in [0.3, 0.4) is 0 Å². The fourth-order valence-corrected chi connectivity index (χ4v) is 8.57. The molecular weight excluding hydrogens is 594 g/mol. The number of nitrogens with zero attached hydrogens (tertiary/aromatic N) is 1. The molecule has 36 heavy (non-hydrogen) atoms. The number of benzene rings is 3. The molecule has 0 radical (unpaired) electrons. The SMILES string of the molecule is CC1(C)CC(C)(C)c2cc(N(c3ccc4c(c3)C(C)(C)CC4(C)C)c3cc(Cl)cc(Br)c3Br)ccc21. The summed E-state index contributed by atoms with van der Waals surface area (Å²) in [6, 6.07) is 18.1. The molecule has 2 aliphatic carbocycles. The van der Waals surface area contributed by atoms with Gasteiger partial charge in [0.2, 0.25) is 0 Å². The van der Waals surface area contributed by atoms with Crippen LogP contribution in [0.5, 0.6) is 0 Å². The summed E-state index contributed by atoms with van der Waals surface area (Å²) in [5.41, 5.74) is 9.72. The monoisotopic (exact) mass is 627 g/mol.